The SMILES string of the molecule is CCOC(=O)NC(=O)c1ccsc1N. The van der Waals surface area contributed by atoms with Crippen molar-refractivity contribution in [2.75, 3.05) is 12.3 Å². The number of hydrogen-bond donors (Lipinski definition) is 2. The molecule has 0 saturated heterocycles. The summed E-state index contributed by atoms with van der Waals surface area (Å²) >= 11 is 1.24. The molecular formula is C8H10N2O3S. The van der Waals surface area contributed by atoms with Crippen LogP contribution in [0.3, 0.4) is 0 Å². The highest BCUT2D eigenvalue weighted by Crippen LogP contribution is 2.18. The zero-order valence-corrected chi connectivity index (χ0v) is 8.39. The smallest absolute Gasteiger partial charge is 0.414 e. The zero-order chi connectivity index (χ0) is 10.6. The van der Waals surface area contributed by atoms with Gasteiger partial charge in [-0.15, -0.1) is 11.3 Å². The molecule has 0 aliphatic heterocycles. The number of imide groups is 1. The van der Waals surface area contributed by atoms with Crippen molar-refractivity contribution in [3.8, 4) is 0 Å². The first-order valence-corrected chi connectivity index (χ1v) is 4.84. The van der Waals surface area contributed by atoms with E-state index < -0.39 is 12.0 Å². The van der Waals surface area contributed by atoms with Crippen LogP contribution in [0.2, 0.25) is 0 Å². The molecule has 0 saturated carbocycles. The number of nitrogens with two attached hydrogens (primary N) is 1. The monoisotopic (exact) mass is 214 g/mol. The molecule has 0 atom stereocenters. The molecule has 1 heterocycles. The lowest BCUT2D eigenvalue weighted by Gasteiger charge is -2.02. The molecule has 1 aromatic heterocycles. The van der Waals surface area contributed by atoms with Crippen molar-refractivity contribution < 1.29 is 14.3 Å². The van der Waals surface area contributed by atoms with Crippen LogP contribution in [0.25, 0.3) is 0 Å². The number of carbonyl (C=O) groups excluding carboxylic acids is 2. The summed E-state index contributed by atoms with van der Waals surface area (Å²) in [6, 6.07) is 1.55. The lowest BCUT2D eigenvalue weighted by atomic mass is 10.3. The van der Waals surface area contributed by atoms with Crippen molar-refractivity contribution in [3.63, 3.8) is 0 Å². The van der Waals surface area contributed by atoms with E-state index in [2.05, 4.69) is 10.1 Å². The molecule has 2 amide bonds. The van der Waals surface area contributed by atoms with Gasteiger partial charge in [-0.25, -0.2) is 4.79 Å². The third-order valence-electron chi connectivity index (χ3n) is 1.43. The number of hydrogen-bond acceptors (Lipinski definition) is 5. The van der Waals surface area contributed by atoms with Gasteiger partial charge in [0.1, 0.15) is 0 Å². The van der Waals surface area contributed by atoms with E-state index in [-0.39, 0.29) is 6.61 Å². The number of rotatable bonds is 2. The predicted octanol–water partition coefficient (Wildman–Crippen LogP) is 1.22. The van der Waals surface area contributed by atoms with E-state index >= 15 is 0 Å². The van der Waals surface area contributed by atoms with Crippen LogP contribution in [0.5, 0.6) is 0 Å². The Morgan fingerprint density at radius 2 is 2.36 bits per heavy atom. The molecule has 0 aliphatic carbocycles. The molecule has 0 spiro atoms. The van der Waals surface area contributed by atoms with Gasteiger partial charge in [-0.2, -0.15) is 0 Å². The molecule has 14 heavy (non-hydrogen) atoms. The van der Waals surface area contributed by atoms with E-state index in [4.69, 9.17) is 5.73 Å². The van der Waals surface area contributed by atoms with Gasteiger partial charge in [0, 0.05) is 0 Å². The Labute approximate surface area is 84.9 Å². The summed E-state index contributed by atoms with van der Waals surface area (Å²) in [7, 11) is 0. The summed E-state index contributed by atoms with van der Waals surface area (Å²) in [4.78, 5) is 22.2. The first-order valence-electron chi connectivity index (χ1n) is 3.96. The molecule has 0 bridgehead atoms. The van der Waals surface area contributed by atoms with E-state index in [0.717, 1.165) is 0 Å². The van der Waals surface area contributed by atoms with Crippen LogP contribution in [-0.4, -0.2) is 18.6 Å². The number of amides is 2. The highest BCUT2D eigenvalue weighted by Gasteiger charge is 2.13. The molecule has 76 valence electrons. The van der Waals surface area contributed by atoms with Crippen molar-refractivity contribution in [2.24, 2.45) is 0 Å². The fourth-order valence-electron chi connectivity index (χ4n) is 0.836. The van der Waals surface area contributed by atoms with Gasteiger partial charge < -0.3 is 10.5 Å². The van der Waals surface area contributed by atoms with Gasteiger partial charge in [0.25, 0.3) is 5.91 Å². The molecule has 0 radical (unpaired) electrons. The minimum atomic E-state index is -0.761. The molecule has 3 N–H and O–H groups in total. The lowest BCUT2D eigenvalue weighted by Crippen LogP contribution is -2.31. The summed E-state index contributed by atoms with van der Waals surface area (Å²) in [6.45, 7) is 1.88. The average Bonchev–Trinajstić information content (AvgIpc) is 2.51. The van der Waals surface area contributed by atoms with E-state index in [1.165, 1.54) is 11.3 Å². The molecule has 1 aromatic rings. The Hall–Kier alpha value is -1.56. The zero-order valence-electron chi connectivity index (χ0n) is 7.57. The molecule has 1 rings (SSSR count). The second-order valence-electron chi connectivity index (χ2n) is 2.37. The molecule has 0 aliphatic rings. The van der Waals surface area contributed by atoms with Crippen LogP contribution >= 0.6 is 11.3 Å². The molecular weight excluding hydrogens is 204 g/mol. The molecule has 0 fully saturated rings. The number of nitrogens with one attached hydrogen (secondary N) is 1. The Bertz CT molecular complexity index is 348. The topological polar surface area (TPSA) is 81.4 Å². The van der Waals surface area contributed by atoms with Crippen molar-refractivity contribution in [1.82, 2.24) is 5.32 Å². The fourth-order valence-corrected chi connectivity index (χ4v) is 1.47. The lowest BCUT2D eigenvalue weighted by molar-refractivity contribution is 0.0926. The van der Waals surface area contributed by atoms with Gasteiger partial charge in [-0.1, -0.05) is 0 Å². The molecule has 0 aromatic carbocycles. The molecule has 5 nitrogen and oxygen atoms in total. The van der Waals surface area contributed by atoms with Crippen molar-refractivity contribution in [1.29, 1.82) is 0 Å². The van der Waals surface area contributed by atoms with Crippen LogP contribution in [0.1, 0.15) is 17.3 Å². The molecule has 0 unspecified atom stereocenters. The summed E-state index contributed by atoms with van der Waals surface area (Å²) in [5.41, 5.74) is 5.79. The number of nitrogen functional groups attached to an aromatic ring is 1. The summed E-state index contributed by atoms with van der Waals surface area (Å²) in [5, 5.41) is 4.11. The Kier molecular flexibility index (Phi) is 3.47. The van der Waals surface area contributed by atoms with Crippen LogP contribution in [0.15, 0.2) is 11.4 Å². The quantitative estimate of drug-likeness (QED) is 0.775. The van der Waals surface area contributed by atoms with Crippen molar-refractivity contribution in [2.45, 2.75) is 6.92 Å². The van der Waals surface area contributed by atoms with Crippen molar-refractivity contribution in [3.05, 3.63) is 17.0 Å². The average molecular weight is 214 g/mol. The number of anilines is 1. The highest BCUT2D eigenvalue weighted by molar-refractivity contribution is 7.14. The van der Waals surface area contributed by atoms with Gasteiger partial charge in [-0.3, -0.25) is 10.1 Å². The minimum Gasteiger partial charge on any atom is -0.450 e. The molecule has 6 heteroatoms. The van der Waals surface area contributed by atoms with E-state index in [0.29, 0.717) is 10.6 Å². The number of carbonyl (C=O) groups is 2. The normalized spacial score (nSPS) is 9.50. The summed E-state index contributed by atoms with van der Waals surface area (Å²) in [5.74, 6) is -0.540. The van der Waals surface area contributed by atoms with Crippen LogP contribution in [-0.2, 0) is 4.74 Å². The van der Waals surface area contributed by atoms with Gasteiger partial charge in [0.15, 0.2) is 0 Å². The van der Waals surface area contributed by atoms with Gasteiger partial charge >= 0.3 is 6.09 Å². The first kappa shape index (κ1) is 10.5. The van der Waals surface area contributed by atoms with Crippen molar-refractivity contribution >= 4 is 28.3 Å². The maximum Gasteiger partial charge on any atom is 0.414 e. The number of alkyl carbamates (subject to hydrolysis) is 1. The van der Waals surface area contributed by atoms with Crippen LogP contribution in [0.4, 0.5) is 9.80 Å². The summed E-state index contributed by atoms with van der Waals surface area (Å²) < 4.78 is 4.54. The van der Waals surface area contributed by atoms with Gasteiger partial charge in [-0.05, 0) is 18.4 Å². The highest BCUT2D eigenvalue weighted by atomic mass is 32.1. The number of thiophene rings is 1. The Morgan fingerprint density at radius 3 is 2.86 bits per heavy atom. The van der Waals surface area contributed by atoms with E-state index in [1.54, 1.807) is 18.4 Å². The second kappa shape index (κ2) is 4.61. The first-order chi connectivity index (χ1) is 6.65. The van der Waals surface area contributed by atoms with E-state index in [1.807, 2.05) is 0 Å². The maximum absolute atomic E-state index is 11.3. The van der Waals surface area contributed by atoms with Gasteiger partial charge in [0.05, 0.1) is 17.2 Å². The third-order valence-corrected chi connectivity index (χ3v) is 2.18. The van der Waals surface area contributed by atoms with E-state index in [9.17, 15) is 9.59 Å². The number of ether oxygens (including phenoxy) is 1. The summed E-state index contributed by atoms with van der Waals surface area (Å²) in [6.07, 6.45) is -0.761. The maximum atomic E-state index is 11.3. The predicted molar refractivity (Wildman–Crippen MR) is 53.2 cm³/mol. The Balaban J connectivity index is 2.59. The minimum absolute atomic E-state index is 0.220. The Morgan fingerprint density at radius 1 is 1.64 bits per heavy atom. The fraction of sp³-hybridized carbons (Fsp3) is 0.250. The van der Waals surface area contributed by atoms with Crippen LogP contribution in [0, 0.1) is 0 Å². The third kappa shape index (κ3) is 2.46. The van der Waals surface area contributed by atoms with Gasteiger partial charge in [0.2, 0.25) is 0 Å². The standard InChI is InChI=1S/C8H10N2O3S/c1-2-13-8(12)10-7(11)5-3-4-14-6(5)9/h3-4H,2,9H2,1H3,(H,10,11,12). The van der Waals surface area contributed by atoms with Crippen LogP contribution < -0.4 is 11.1 Å². The second-order valence-corrected chi connectivity index (χ2v) is 3.32. The largest absolute Gasteiger partial charge is 0.450 e.